The lowest BCUT2D eigenvalue weighted by Crippen LogP contribution is -2.44. The number of fused-ring (bicyclic) bond motifs is 1. The number of halogens is 2. The summed E-state index contributed by atoms with van der Waals surface area (Å²) in [5.74, 6) is -0.470. The SMILES string of the molecule is Cn1c(N2CCNCC2)nc2cc(F)cc(F)c21. The van der Waals surface area contributed by atoms with Crippen LogP contribution in [0.3, 0.4) is 0 Å². The first kappa shape index (κ1) is 11.4. The van der Waals surface area contributed by atoms with Gasteiger partial charge in [0.15, 0.2) is 5.82 Å². The van der Waals surface area contributed by atoms with Crippen LogP contribution in [0.15, 0.2) is 12.1 Å². The van der Waals surface area contributed by atoms with Crippen molar-refractivity contribution in [2.45, 2.75) is 0 Å². The number of piperazine rings is 1. The molecule has 0 saturated carbocycles. The minimum atomic E-state index is -0.593. The summed E-state index contributed by atoms with van der Waals surface area (Å²) in [7, 11) is 1.76. The van der Waals surface area contributed by atoms with Crippen molar-refractivity contribution < 1.29 is 8.78 Å². The molecular weight excluding hydrogens is 238 g/mol. The number of rotatable bonds is 1. The van der Waals surface area contributed by atoms with E-state index in [9.17, 15) is 8.78 Å². The van der Waals surface area contributed by atoms with Crippen molar-refractivity contribution in [2.75, 3.05) is 31.1 Å². The zero-order chi connectivity index (χ0) is 12.7. The number of aryl methyl sites for hydroxylation is 1. The van der Waals surface area contributed by atoms with Gasteiger partial charge in [0.05, 0.1) is 5.52 Å². The van der Waals surface area contributed by atoms with E-state index in [2.05, 4.69) is 15.2 Å². The van der Waals surface area contributed by atoms with Gasteiger partial charge in [-0.2, -0.15) is 0 Å². The molecule has 1 N–H and O–H groups in total. The number of nitrogens with zero attached hydrogens (tertiary/aromatic N) is 3. The zero-order valence-electron chi connectivity index (χ0n) is 10.1. The van der Waals surface area contributed by atoms with Gasteiger partial charge in [-0.1, -0.05) is 0 Å². The monoisotopic (exact) mass is 252 g/mol. The zero-order valence-corrected chi connectivity index (χ0v) is 10.1. The molecule has 0 amide bonds. The normalized spacial score (nSPS) is 16.5. The summed E-state index contributed by atoms with van der Waals surface area (Å²) in [6, 6.07) is 2.16. The first-order valence-corrected chi connectivity index (χ1v) is 5.94. The number of imidazole rings is 1. The molecule has 4 nitrogen and oxygen atoms in total. The molecule has 1 aromatic carbocycles. The summed E-state index contributed by atoms with van der Waals surface area (Å²) in [4.78, 5) is 6.42. The molecule has 1 saturated heterocycles. The van der Waals surface area contributed by atoms with Crippen molar-refractivity contribution in [3.05, 3.63) is 23.8 Å². The van der Waals surface area contributed by atoms with Gasteiger partial charge in [0.25, 0.3) is 0 Å². The maximum Gasteiger partial charge on any atom is 0.206 e. The van der Waals surface area contributed by atoms with Crippen molar-refractivity contribution in [3.63, 3.8) is 0 Å². The predicted molar refractivity (Wildman–Crippen MR) is 65.7 cm³/mol. The smallest absolute Gasteiger partial charge is 0.206 e. The van der Waals surface area contributed by atoms with Crippen LogP contribution in [0.2, 0.25) is 0 Å². The molecule has 1 aromatic heterocycles. The van der Waals surface area contributed by atoms with Crippen LogP contribution < -0.4 is 10.2 Å². The van der Waals surface area contributed by atoms with E-state index in [1.54, 1.807) is 11.6 Å². The highest BCUT2D eigenvalue weighted by Gasteiger charge is 2.19. The quantitative estimate of drug-likeness (QED) is 0.829. The van der Waals surface area contributed by atoms with E-state index in [0.29, 0.717) is 17.0 Å². The van der Waals surface area contributed by atoms with Gasteiger partial charge in [-0.15, -0.1) is 0 Å². The molecule has 96 valence electrons. The lowest BCUT2D eigenvalue weighted by atomic mass is 10.3. The summed E-state index contributed by atoms with van der Waals surface area (Å²) in [6.07, 6.45) is 0. The van der Waals surface area contributed by atoms with Crippen molar-refractivity contribution >= 4 is 17.0 Å². The topological polar surface area (TPSA) is 33.1 Å². The van der Waals surface area contributed by atoms with Crippen LogP contribution >= 0.6 is 0 Å². The molecule has 0 bridgehead atoms. The fourth-order valence-corrected chi connectivity index (χ4v) is 2.40. The Morgan fingerprint density at radius 3 is 2.67 bits per heavy atom. The van der Waals surface area contributed by atoms with Gasteiger partial charge in [-0.25, -0.2) is 13.8 Å². The third kappa shape index (κ3) is 1.73. The van der Waals surface area contributed by atoms with Gasteiger partial charge in [-0.05, 0) is 0 Å². The number of hydrogen-bond acceptors (Lipinski definition) is 3. The summed E-state index contributed by atoms with van der Waals surface area (Å²) in [5.41, 5.74) is 0.716. The molecule has 6 heteroatoms. The molecule has 2 heterocycles. The summed E-state index contributed by atoms with van der Waals surface area (Å²) in [6.45, 7) is 3.39. The van der Waals surface area contributed by atoms with Crippen LogP contribution in [0.25, 0.3) is 11.0 Å². The second-order valence-electron chi connectivity index (χ2n) is 4.46. The predicted octanol–water partition coefficient (Wildman–Crippen LogP) is 1.26. The van der Waals surface area contributed by atoms with Crippen LogP contribution in [0, 0.1) is 11.6 Å². The first-order valence-electron chi connectivity index (χ1n) is 5.94. The van der Waals surface area contributed by atoms with Gasteiger partial charge in [0.1, 0.15) is 11.3 Å². The van der Waals surface area contributed by atoms with Gasteiger partial charge >= 0.3 is 0 Å². The summed E-state index contributed by atoms with van der Waals surface area (Å²) < 4.78 is 28.6. The third-order valence-electron chi connectivity index (χ3n) is 3.26. The second kappa shape index (κ2) is 4.20. The van der Waals surface area contributed by atoms with Gasteiger partial charge in [0, 0.05) is 45.4 Å². The van der Waals surface area contributed by atoms with E-state index < -0.39 is 11.6 Å². The second-order valence-corrected chi connectivity index (χ2v) is 4.46. The third-order valence-corrected chi connectivity index (χ3v) is 3.26. The lowest BCUT2D eigenvalue weighted by molar-refractivity contribution is 0.572. The maximum absolute atomic E-state index is 13.8. The number of anilines is 1. The Kier molecular flexibility index (Phi) is 2.66. The van der Waals surface area contributed by atoms with Gasteiger partial charge < -0.3 is 14.8 Å². The van der Waals surface area contributed by atoms with E-state index >= 15 is 0 Å². The molecule has 3 rings (SSSR count). The minimum absolute atomic E-state index is 0.352. The van der Waals surface area contributed by atoms with Crippen LogP contribution in [-0.4, -0.2) is 35.7 Å². The Bertz CT molecular complexity index is 587. The number of nitrogens with one attached hydrogen (secondary N) is 1. The highest BCUT2D eigenvalue weighted by Crippen LogP contribution is 2.24. The standard InChI is InChI=1S/C12H14F2N4/c1-17-11-9(14)6-8(13)7-10(11)16-12(17)18-4-2-15-3-5-18/h6-7,15H,2-5H2,1H3. The molecule has 1 aliphatic heterocycles. The molecule has 0 radical (unpaired) electrons. The summed E-state index contributed by atoms with van der Waals surface area (Å²) >= 11 is 0. The first-order chi connectivity index (χ1) is 8.66. The van der Waals surface area contributed by atoms with Gasteiger partial charge in [-0.3, -0.25) is 0 Å². The fourth-order valence-electron chi connectivity index (χ4n) is 2.40. The van der Waals surface area contributed by atoms with E-state index in [4.69, 9.17) is 0 Å². The Hall–Kier alpha value is -1.69. The minimum Gasteiger partial charge on any atom is -0.340 e. The molecule has 1 aliphatic rings. The molecule has 0 aliphatic carbocycles. The Labute approximate surface area is 103 Å². The molecule has 0 unspecified atom stereocenters. The molecule has 2 aromatic rings. The van der Waals surface area contributed by atoms with Crippen molar-refractivity contribution in [1.29, 1.82) is 0 Å². The number of hydrogen-bond donors (Lipinski definition) is 1. The number of aromatic nitrogens is 2. The van der Waals surface area contributed by atoms with Crippen molar-refractivity contribution in [2.24, 2.45) is 7.05 Å². The average Bonchev–Trinajstić information content (AvgIpc) is 2.67. The van der Waals surface area contributed by atoms with E-state index in [1.165, 1.54) is 6.07 Å². The van der Waals surface area contributed by atoms with Crippen LogP contribution in [0.4, 0.5) is 14.7 Å². The highest BCUT2D eigenvalue weighted by molar-refractivity contribution is 5.79. The molecule has 18 heavy (non-hydrogen) atoms. The molecule has 0 spiro atoms. The fraction of sp³-hybridized carbons (Fsp3) is 0.417. The van der Waals surface area contributed by atoms with Crippen molar-refractivity contribution in [3.8, 4) is 0 Å². The van der Waals surface area contributed by atoms with Gasteiger partial charge in [0.2, 0.25) is 5.95 Å². The Morgan fingerprint density at radius 2 is 1.94 bits per heavy atom. The highest BCUT2D eigenvalue weighted by atomic mass is 19.1. The molecule has 1 fully saturated rings. The number of benzene rings is 1. The Morgan fingerprint density at radius 1 is 1.22 bits per heavy atom. The van der Waals surface area contributed by atoms with E-state index in [-0.39, 0.29) is 0 Å². The lowest BCUT2D eigenvalue weighted by Gasteiger charge is -2.28. The Balaban J connectivity index is 2.13. The van der Waals surface area contributed by atoms with Crippen LogP contribution in [-0.2, 0) is 7.05 Å². The van der Waals surface area contributed by atoms with E-state index in [0.717, 1.165) is 32.2 Å². The van der Waals surface area contributed by atoms with Crippen molar-refractivity contribution in [1.82, 2.24) is 14.9 Å². The average molecular weight is 252 g/mol. The maximum atomic E-state index is 13.8. The van der Waals surface area contributed by atoms with Crippen LogP contribution in [0.1, 0.15) is 0 Å². The summed E-state index contributed by atoms with van der Waals surface area (Å²) in [5, 5.41) is 3.25. The molecule has 0 atom stereocenters. The van der Waals surface area contributed by atoms with Crippen LogP contribution in [0.5, 0.6) is 0 Å². The van der Waals surface area contributed by atoms with E-state index in [1.807, 2.05) is 0 Å². The molecular formula is C12H14F2N4. The largest absolute Gasteiger partial charge is 0.340 e.